The van der Waals surface area contributed by atoms with E-state index in [-0.39, 0.29) is 23.9 Å². The van der Waals surface area contributed by atoms with Crippen LogP contribution in [0.25, 0.3) is 0 Å². The molecule has 9 heteroatoms. The number of carbonyl (C=O) groups excluding carboxylic acids is 2. The Morgan fingerprint density at radius 1 is 1.03 bits per heavy atom. The minimum absolute atomic E-state index is 0.00262. The lowest BCUT2D eigenvalue weighted by Gasteiger charge is -2.42. The molecule has 2 aromatic carbocycles. The molecule has 2 aromatic rings. The van der Waals surface area contributed by atoms with Crippen LogP contribution in [0.5, 0.6) is 11.5 Å². The van der Waals surface area contributed by atoms with Gasteiger partial charge in [-0.3, -0.25) is 19.7 Å². The summed E-state index contributed by atoms with van der Waals surface area (Å²) in [5.74, 6) is 0.780. The highest BCUT2D eigenvalue weighted by molar-refractivity contribution is 14.1. The molecular formula is C28H27IN2O6. The van der Waals surface area contributed by atoms with E-state index in [1.54, 1.807) is 19.2 Å². The van der Waals surface area contributed by atoms with Gasteiger partial charge in [0.05, 0.1) is 15.6 Å². The fourth-order valence-corrected chi connectivity index (χ4v) is 6.43. The average Bonchev–Trinajstić information content (AvgIpc) is 2.89. The van der Waals surface area contributed by atoms with Crippen LogP contribution in [-0.4, -0.2) is 35.5 Å². The van der Waals surface area contributed by atoms with Gasteiger partial charge in [0, 0.05) is 60.5 Å². The lowest BCUT2D eigenvalue weighted by Crippen LogP contribution is -2.37. The minimum atomic E-state index is -0.435. The third kappa shape index (κ3) is 4.65. The smallest absolute Gasteiger partial charge is 0.269 e. The molecule has 0 aromatic heterocycles. The van der Waals surface area contributed by atoms with Crippen molar-refractivity contribution < 1.29 is 24.0 Å². The molecule has 0 amide bonds. The molecule has 0 saturated carbocycles. The molecule has 0 saturated heterocycles. The molecule has 37 heavy (non-hydrogen) atoms. The van der Waals surface area contributed by atoms with E-state index in [4.69, 9.17) is 9.47 Å². The first kappa shape index (κ1) is 25.4. The number of carbonyl (C=O) groups is 2. The number of ether oxygens (including phenoxy) is 2. The number of nitro benzene ring substituents is 1. The number of nitrogens with zero attached hydrogens (tertiary/aromatic N) is 2. The van der Waals surface area contributed by atoms with E-state index in [0.29, 0.717) is 29.9 Å². The summed E-state index contributed by atoms with van der Waals surface area (Å²) >= 11 is 2.18. The van der Waals surface area contributed by atoms with E-state index in [1.165, 1.54) is 12.1 Å². The summed E-state index contributed by atoms with van der Waals surface area (Å²) in [6.07, 6.45) is 4.24. The van der Waals surface area contributed by atoms with Crippen molar-refractivity contribution in [2.24, 2.45) is 0 Å². The van der Waals surface area contributed by atoms with Crippen molar-refractivity contribution in [3.63, 3.8) is 0 Å². The SMILES string of the molecule is COc1cc(C2C3=C(CCCC3=O)N(C)C3=C2C(=O)CCC3)cc(I)c1OCc1cccc([N+](=O)[O-])c1. The average molecular weight is 614 g/mol. The summed E-state index contributed by atoms with van der Waals surface area (Å²) in [4.78, 5) is 39.3. The molecule has 0 spiro atoms. The molecule has 0 fully saturated rings. The lowest BCUT2D eigenvalue weighted by molar-refractivity contribution is -0.384. The van der Waals surface area contributed by atoms with Crippen molar-refractivity contribution in [2.45, 2.75) is 51.0 Å². The van der Waals surface area contributed by atoms with Crippen molar-refractivity contribution in [1.82, 2.24) is 4.90 Å². The summed E-state index contributed by atoms with van der Waals surface area (Å²) in [7, 11) is 3.53. The highest BCUT2D eigenvalue weighted by Crippen LogP contribution is 2.50. The first-order valence-corrected chi connectivity index (χ1v) is 13.4. The van der Waals surface area contributed by atoms with Gasteiger partial charge in [0.1, 0.15) is 6.61 Å². The summed E-state index contributed by atoms with van der Waals surface area (Å²) in [6.45, 7) is 0.128. The van der Waals surface area contributed by atoms with Crippen molar-refractivity contribution in [3.05, 3.63) is 83.7 Å². The molecule has 8 nitrogen and oxygen atoms in total. The Morgan fingerprint density at radius 2 is 1.68 bits per heavy atom. The van der Waals surface area contributed by atoms with Crippen molar-refractivity contribution in [3.8, 4) is 11.5 Å². The second kappa shape index (κ2) is 10.3. The van der Waals surface area contributed by atoms with Gasteiger partial charge in [0.25, 0.3) is 5.69 Å². The Labute approximate surface area is 228 Å². The summed E-state index contributed by atoms with van der Waals surface area (Å²) in [5, 5.41) is 11.1. The van der Waals surface area contributed by atoms with Gasteiger partial charge in [-0.15, -0.1) is 0 Å². The van der Waals surface area contributed by atoms with E-state index in [1.807, 2.05) is 19.2 Å². The predicted molar refractivity (Wildman–Crippen MR) is 145 cm³/mol. The van der Waals surface area contributed by atoms with Crippen LogP contribution in [0.4, 0.5) is 5.69 Å². The van der Waals surface area contributed by atoms with Crippen LogP contribution >= 0.6 is 22.6 Å². The number of hydrogen-bond acceptors (Lipinski definition) is 7. The maximum absolute atomic E-state index is 13.3. The second-order valence-corrected chi connectivity index (χ2v) is 10.7. The summed E-state index contributed by atoms with van der Waals surface area (Å²) < 4.78 is 12.5. The number of benzene rings is 2. The molecule has 1 aliphatic heterocycles. The largest absolute Gasteiger partial charge is 0.493 e. The first-order valence-electron chi connectivity index (χ1n) is 12.3. The fourth-order valence-electron chi connectivity index (χ4n) is 5.65. The molecule has 1 heterocycles. The van der Waals surface area contributed by atoms with Gasteiger partial charge in [-0.2, -0.15) is 0 Å². The molecule has 0 radical (unpaired) electrons. The topological polar surface area (TPSA) is 99.0 Å². The number of allylic oxidation sites excluding steroid dienone is 4. The Hall–Kier alpha value is -3.21. The van der Waals surface area contributed by atoms with E-state index in [2.05, 4.69) is 27.5 Å². The first-order chi connectivity index (χ1) is 17.8. The number of halogens is 1. The van der Waals surface area contributed by atoms with Gasteiger partial charge in [-0.05, 0) is 71.5 Å². The zero-order valence-electron chi connectivity index (χ0n) is 20.7. The van der Waals surface area contributed by atoms with Crippen LogP contribution in [0.15, 0.2) is 58.9 Å². The Balaban J connectivity index is 1.55. The van der Waals surface area contributed by atoms with Crippen molar-refractivity contribution in [2.75, 3.05) is 14.2 Å². The third-order valence-corrected chi connectivity index (χ3v) is 8.14. The fraction of sp³-hybridized carbons (Fsp3) is 0.357. The van der Waals surface area contributed by atoms with E-state index in [9.17, 15) is 19.7 Å². The van der Waals surface area contributed by atoms with Crippen LogP contribution in [0.1, 0.15) is 55.6 Å². The standard InChI is InChI=1S/C28H27IN2O6/c1-30-20-8-4-10-22(32)26(20)25(27-21(30)9-5-11-23(27)33)17-13-19(29)28(24(14-17)36-2)37-15-16-6-3-7-18(12-16)31(34)35/h3,6-7,12-14,25H,4-5,8-11,15H2,1-2H3. The number of non-ortho nitro benzene ring substituents is 1. The zero-order chi connectivity index (χ0) is 26.3. The molecule has 3 aliphatic rings. The van der Waals surface area contributed by atoms with Gasteiger partial charge in [0.15, 0.2) is 23.1 Å². The highest BCUT2D eigenvalue weighted by Gasteiger charge is 2.42. The Bertz CT molecular complexity index is 1330. The monoisotopic (exact) mass is 614 g/mol. The van der Waals surface area contributed by atoms with Crippen LogP contribution in [0.2, 0.25) is 0 Å². The molecule has 5 rings (SSSR count). The van der Waals surface area contributed by atoms with E-state index < -0.39 is 10.8 Å². The number of rotatable bonds is 6. The van der Waals surface area contributed by atoms with Crippen molar-refractivity contribution >= 4 is 39.8 Å². The maximum atomic E-state index is 13.3. The van der Waals surface area contributed by atoms with Gasteiger partial charge in [-0.25, -0.2) is 0 Å². The number of nitro groups is 1. The van der Waals surface area contributed by atoms with Crippen molar-refractivity contribution in [1.29, 1.82) is 0 Å². The molecule has 192 valence electrons. The number of Topliss-reactive ketones (excluding diaryl/α,β-unsaturated/α-hetero) is 2. The van der Waals surface area contributed by atoms with Gasteiger partial charge in [-0.1, -0.05) is 12.1 Å². The highest BCUT2D eigenvalue weighted by atomic mass is 127. The van der Waals surface area contributed by atoms with Gasteiger partial charge >= 0.3 is 0 Å². The molecule has 0 unspecified atom stereocenters. The van der Waals surface area contributed by atoms with Crippen LogP contribution in [0, 0.1) is 13.7 Å². The summed E-state index contributed by atoms with van der Waals surface area (Å²) in [5.41, 5.74) is 5.00. The van der Waals surface area contributed by atoms with Crippen LogP contribution in [0.3, 0.4) is 0 Å². The zero-order valence-corrected chi connectivity index (χ0v) is 22.9. The normalized spacial score (nSPS) is 18.1. The van der Waals surface area contributed by atoms with E-state index in [0.717, 1.165) is 57.4 Å². The van der Waals surface area contributed by atoms with E-state index >= 15 is 0 Å². The van der Waals surface area contributed by atoms with Crippen LogP contribution in [-0.2, 0) is 16.2 Å². The molecular weight excluding hydrogens is 587 g/mol. The second-order valence-electron chi connectivity index (χ2n) is 9.52. The molecule has 2 aliphatic carbocycles. The third-order valence-electron chi connectivity index (χ3n) is 7.33. The number of methoxy groups -OCH3 is 1. The quantitative estimate of drug-likeness (QED) is 0.230. The van der Waals surface area contributed by atoms with Crippen LogP contribution < -0.4 is 9.47 Å². The Kier molecular flexibility index (Phi) is 7.06. The lowest BCUT2D eigenvalue weighted by atomic mass is 9.71. The molecule has 0 N–H and O–H groups in total. The molecule has 0 atom stereocenters. The summed E-state index contributed by atoms with van der Waals surface area (Å²) in [6, 6.07) is 10.1. The number of ketones is 2. The number of hydrogen-bond donors (Lipinski definition) is 0. The van der Waals surface area contributed by atoms with Gasteiger partial charge in [0.2, 0.25) is 0 Å². The minimum Gasteiger partial charge on any atom is -0.493 e. The maximum Gasteiger partial charge on any atom is 0.269 e. The Morgan fingerprint density at radius 3 is 2.27 bits per heavy atom. The van der Waals surface area contributed by atoms with Gasteiger partial charge < -0.3 is 14.4 Å². The molecule has 0 bridgehead atoms. The predicted octanol–water partition coefficient (Wildman–Crippen LogP) is 5.83.